The van der Waals surface area contributed by atoms with Crippen molar-refractivity contribution in [3.63, 3.8) is 0 Å². The molecular weight excluding hydrogens is 406 g/mol. The summed E-state index contributed by atoms with van der Waals surface area (Å²) in [6.45, 7) is 4.14. The second kappa shape index (κ2) is 7.41. The van der Waals surface area contributed by atoms with Crippen LogP contribution in [0.15, 0.2) is 54.6 Å². The first kappa shape index (κ1) is 20.1. The largest absolute Gasteiger partial charge is 0.478 e. The van der Waals surface area contributed by atoms with Crippen molar-refractivity contribution in [2.24, 2.45) is 0 Å². The van der Waals surface area contributed by atoms with Crippen LogP contribution in [-0.4, -0.2) is 23.8 Å². The highest BCUT2D eigenvalue weighted by molar-refractivity contribution is 6.00. The van der Waals surface area contributed by atoms with E-state index in [1.165, 1.54) is 0 Å². The van der Waals surface area contributed by atoms with Gasteiger partial charge in [-0.1, -0.05) is 24.3 Å². The Morgan fingerprint density at radius 3 is 2.72 bits per heavy atom. The van der Waals surface area contributed by atoms with Crippen LogP contribution in [0, 0.1) is 6.92 Å². The average Bonchev–Trinajstić information content (AvgIpc) is 3.40. The van der Waals surface area contributed by atoms with Crippen LogP contribution in [0.2, 0.25) is 0 Å². The highest BCUT2D eigenvalue weighted by atomic mass is 16.7. The van der Waals surface area contributed by atoms with Gasteiger partial charge in [0, 0.05) is 11.3 Å². The maximum atomic E-state index is 13.4. The Bertz CT molecular complexity index is 1270. The van der Waals surface area contributed by atoms with E-state index in [2.05, 4.69) is 5.32 Å². The normalized spacial score (nSPS) is 18.3. The number of fused-ring (bicyclic) bond motifs is 3. The molecule has 0 fully saturated rings. The lowest BCUT2D eigenvalue weighted by Crippen LogP contribution is -2.35. The zero-order chi connectivity index (χ0) is 22.5. The Labute approximate surface area is 185 Å². The zero-order valence-corrected chi connectivity index (χ0v) is 17.9. The molecule has 6 heteroatoms. The lowest BCUT2D eigenvalue weighted by molar-refractivity contribution is -0.121. The minimum Gasteiger partial charge on any atom is -0.478 e. The summed E-state index contributed by atoms with van der Waals surface area (Å²) in [6.07, 6.45) is 1.44. The van der Waals surface area contributed by atoms with Gasteiger partial charge in [0.1, 0.15) is 0 Å². The van der Waals surface area contributed by atoms with Crippen molar-refractivity contribution in [1.29, 1.82) is 0 Å². The summed E-state index contributed by atoms with van der Waals surface area (Å²) in [5.41, 5.74) is 4.92. The minimum absolute atomic E-state index is 0.0794. The van der Waals surface area contributed by atoms with Crippen molar-refractivity contribution in [1.82, 2.24) is 0 Å². The van der Waals surface area contributed by atoms with Crippen LogP contribution in [0.5, 0.6) is 11.5 Å². The number of aromatic carboxylic acids is 1. The first-order valence-electron chi connectivity index (χ1n) is 10.5. The van der Waals surface area contributed by atoms with Gasteiger partial charge < -0.3 is 19.9 Å². The molecule has 0 radical (unpaired) electrons. The lowest BCUT2D eigenvalue weighted by Gasteiger charge is -2.25. The highest BCUT2D eigenvalue weighted by Crippen LogP contribution is 2.48. The average molecular weight is 429 g/mol. The number of carboxylic acid groups (broad SMARTS) is 1. The number of carbonyl (C=O) groups excluding carboxylic acids is 1. The fourth-order valence-corrected chi connectivity index (χ4v) is 4.64. The van der Waals surface area contributed by atoms with E-state index in [1.54, 1.807) is 18.2 Å². The topological polar surface area (TPSA) is 84.9 Å². The molecule has 1 aliphatic heterocycles. The molecule has 0 saturated heterocycles. The third-order valence-electron chi connectivity index (χ3n) is 6.53. The van der Waals surface area contributed by atoms with Crippen molar-refractivity contribution in [3.8, 4) is 22.6 Å². The predicted molar refractivity (Wildman–Crippen MR) is 120 cm³/mol. The van der Waals surface area contributed by atoms with Crippen LogP contribution in [0.3, 0.4) is 0 Å². The molecule has 162 valence electrons. The SMILES string of the molecule is Cc1ccc(NC(=O)C2(C)CCc3c2ccc2c3OCO2)cc1-c1cccc(C(=O)O)c1. The third-order valence-corrected chi connectivity index (χ3v) is 6.53. The van der Waals surface area contributed by atoms with Crippen molar-refractivity contribution in [2.75, 3.05) is 12.1 Å². The zero-order valence-electron chi connectivity index (χ0n) is 17.9. The van der Waals surface area contributed by atoms with Gasteiger partial charge in [-0.05, 0) is 79.3 Å². The van der Waals surface area contributed by atoms with Gasteiger partial charge in [0.15, 0.2) is 11.5 Å². The van der Waals surface area contributed by atoms with E-state index >= 15 is 0 Å². The van der Waals surface area contributed by atoms with Crippen molar-refractivity contribution < 1.29 is 24.2 Å². The molecule has 2 N–H and O–H groups in total. The van der Waals surface area contributed by atoms with Gasteiger partial charge in [0.25, 0.3) is 0 Å². The van der Waals surface area contributed by atoms with E-state index in [4.69, 9.17) is 9.47 Å². The lowest BCUT2D eigenvalue weighted by atomic mass is 9.83. The number of anilines is 1. The molecule has 32 heavy (non-hydrogen) atoms. The second-order valence-corrected chi connectivity index (χ2v) is 8.53. The smallest absolute Gasteiger partial charge is 0.335 e. The van der Waals surface area contributed by atoms with Crippen LogP contribution in [0.1, 0.15) is 40.4 Å². The molecule has 3 aromatic carbocycles. The van der Waals surface area contributed by atoms with Gasteiger partial charge in [-0.2, -0.15) is 0 Å². The Morgan fingerprint density at radius 1 is 1.06 bits per heavy atom. The van der Waals surface area contributed by atoms with E-state index in [1.807, 2.05) is 50.2 Å². The van der Waals surface area contributed by atoms with Crippen LogP contribution in [0.25, 0.3) is 11.1 Å². The number of carbonyl (C=O) groups is 2. The van der Waals surface area contributed by atoms with Crippen molar-refractivity contribution in [3.05, 3.63) is 76.9 Å². The molecule has 1 amide bonds. The summed E-state index contributed by atoms with van der Waals surface area (Å²) in [5.74, 6) is 0.446. The third kappa shape index (κ3) is 3.19. The molecule has 1 aliphatic carbocycles. The summed E-state index contributed by atoms with van der Waals surface area (Å²) in [4.78, 5) is 24.8. The summed E-state index contributed by atoms with van der Waals surface area (Å²) >= 11 is 0. The summed E-state index contributed by atoms with van der Waals surface area (Å²) in [7, 11) is 0. The number of nitrogens with one attached hydrogen (secondary N) is 1. The van der Waals surface area contributed by atoms with E-state index in [0.29, 0.717) is 12.1 Å². The Balaban J connectivity index is 1.45. The molecule has 1 heterocycles. The molecular formula is C26H23NO5. The van der Waals surface area contributed by atoms with Crippen molar-refractivity contribution in [2.45, 2.75) is 32.1 Å². The van der Waals surface area contributed by atoms with Gasteiger partial charge in [0.2, 0.25) is 12.7 Å². The summed E-state index contributed by atoms with van der Waals surface area (Å²) in [5, 5.41) is 12.4. The molecule has 2 aliphatic rings. The molecule has 0 spiro atoms. The standard InChI is InChI=1S/C26H23NO5/c1-15-6-7-18(13-20(15)16-4-3-5-17(12-16)24(28)29)27-25(30)26(2)11-10-19-21(26)8-9-22-23(19)32-14-31-22/h3-9,12-13H,10-11,14H2,1-2H3,(H,27,30)(H,28,29). The quantitative estimate of drug-likeness (QED) is 0.614. The second-order valence-electron chi connectivity index (χ2n) is 8.53. The van der Waals surface area contributed by atoms with E-state index in [-0.39, 0.29) is 18.3 Å². The fraction of sp³-hybridized carbons (Fsp3) is 0.231. The first-order valence-corrected chi connectivity index (χ1v) is 10.5. The van der Waals surface area contributed by atoms with E-state index in [9.17, 15) is 14.7 Å². The summed E-state index contributed by atoms with van der Waals surface area (Å²) in [6, 6.07) is 16.3. The fourth-order valence-electron chi connectivity index (χ4n) is 4.64. The number of hydrogen-bond acceptors (Lipinski definition) is 4. The minimum atomic E-state index is -0.970. The van der Waals surface area contributed by atoms with Gasteiger partial charge in [0.05, 0.1) is 11.0 Å². The Hall–Kier alpha value is -3.80. The maximum Gasteiger partial charge on any atom is 0.335 e. The monoisotopic (exact) mass is 429 g/mol. The van der Waals surface area contributed by atoms with Gasteiger partial charge in [-0.15, -0.1) is 0 Å². The molecule has 1 atom stereocenters. The molecule has 3 aromatic rings. The van der Waals surface area contributed by atoms with Gasteiger partial charge in [-0.25, -0.2) is 4.79 Å². The number of ether oxygens (including phenoxy) is 2. The number of aryl methyl sites for hydroxylation is 1. The number of benzene rings is 3. The number of rotatable bonds is 4. The van der Waals surface area contributed by atoms with Gasteiger partial charge >= 0.3 is 5.97 Å². The Kier molecular flexibility index (Phi) is 4.66. The number of carboxylic acids is 1. The predicted octanol–water partition coefficient (Wildman–Crippen LogP) is 4.93. The molecule has 0 aromatic heterocycles. The first-order chi connectivity index (χ1) is 15.4. The summed E-state index contributed by atoms with van der Waals surface area (Å²) < 4.78 is 11.1. The Morgan fingerprint density at radius 2 is 1.91 bits per heavy atom. The molecule has 0 saturated carbocycles. The maximum absolute atomic E-state index is 13.4. The van der Waals surface area contributed by atoms with Crippen LogP contribution < -0.4 is 14.8 Å². The molecule has 6 nitrogen and oxygen atoms in total. The molecule has 5 rings (SSSR count). The van der Waals surface area contributed by atoms with E-state index in [0.717, 1.165) is 45.7 Å². The van der Waals surface area contributed by atoms with Gasteiger partial charge in [-0.3, -0.25) is 4.79 Å². The highest BCUT2D eigenvalue weighted by Gasteiger charge is 2.43. The van der Waals surface area contributed by atoms with Crippen LogP contribution >= 0.6 is 0 Å². The molecule has 0 bridgehead atoms. The molecule has 1 unspecified atom stereocenters. The van der Waals surface area contributed by atoms with Crippen LogP contribution in [0.4, 0.5) is 5.69 Å². The number of amides is 1. The van der Waals surface area contributed by atoms with Crippen molar-refractivity contribution >= 4 is 17.6 Å². The van der Waals surface area contributed by atoms with E-state index < -0.39 is 11.4 Å². The number of hydrogen-bond donors (Lipinski definition) is 2. The van der Waals surface area contributed by atoms with Crippen LogP contribution in [-0.2, 0) is 16.6 Å².